The van der Waals surface area contributed by atoms with Crippen LogP contribution in [0.3, 0.4) is 0 Å². The number of rotatable bonds is 6. The minimum absolute atomic E-state index is 0.0407. The molecule has 0 unspecified atom stereocenters. The van der Waals surface area contributed by atoms with E-state index in [9.17, 15) is 4.79 Å². The Hall–Kier alpha value is -2.80. The highest BCUT2D eigenvalue weighted by Crippen LogP contribution is 2.35. The van der Waals surface area contributed by atoms with Crippen LogP contribution in [0, 0.1) is 0 Å². The molecule has 160 valence electrons. The van der Waals surface area contributed by atoms with E-state index in [0.29, 0.717) is 37.7 Å². The molecule has 30 heavy (non-hydrogen) atoms. The van der Waals surface area contributed by atoms with E-state index >= 15 is 0 Å². The number of nitrogens with zero attached hydrogens (tertiary/aromatic N) is 3. The van der Waals surface area contributed by atoms with Crippen LogP contribution in [-0.4, -0.2) is 54.1 Å². The molecule has 0 N–H and O–H groups in total. The topological polar surface area (TPSA) is 64.1 Å². The normalized spacial score (nSPS) is 16.2. The zero-order valence-corrected chi connectivity index (χ0v) is 18.3. The Labute approximate surface area is 177 Å². The second-order valence-corrected chi connectivity index (χ2v) is 8.17. The van der Waals surface area contributed by atoms with Crippen LogP contribution in [0.25, 0.3) is 0 Å². The maximum absolute atomic E-state index is 12.8. The molecule has 7 heteroatoms. The lowest BCUT2D eigenvalue weighted by atomic mass is 10.0. The maximum Gasteiger partial charge on any atom is 0.256 e. The van der Waals surface area contributed by atoms with Crippen molar-refractivity contribution in [3.63, 3.8) is 0 Å². The molecule has 3 heterocycles. The van der Waals surface area contributed by atoms with Crippen LogP contribution in [0.4, 0.5) is 0 Å². The Kier molecular flexibility index (Phi) is 5.56. The van der Waals surface area contributed by atoms with Crippen LogP contribution >= 0.6 is 0 Å². The van der Waals surface area contributed by atoms with Gasteiger partial charge >= 0.3 is 0 Å². The van der Waals surface area contributed by atoms with Gasteiger partial charge in [0.2, 0.25) is 5.88 Å². The van der Waals surface area contributed by atoms with E-state index in [2.05, 4.69) is 29.9 Å². The van der Waals surface area contributed by atoms with Crippen molar-refractivity contribution in [1.29, 1.82) is 0 Å². The Morgan fingerprint density at radius 2 is 1.90 bits per heavy atom. The SMILES string of the molecule is COc1nc2c(cc1CN(C)[C@@H](C)c1ccc3c(c1)OCCO3)C(=O)N(C(C)C)C2. The lowest BCUT2D eigenvalue weighted by Crippen LogP contribution is -2.30. The zero-order chi connectivity index (χ0) is 21.4. The van der Waals surface area contributed by atoms with Gasteiger partial charge in [-0.1, -0.05) is 6.07 Å². The molecular weight excluding hydrogens is 382 g/mol. The fourth-order valence-electron chi connectivity index (χ4n) is 3.95. The third-order valence-electron chi connectivity index (χ3n) is 5.90. The highest BCUT2D eigenvalue weighted by molar-refractivity contribution is 5.98. The molecule has 1 aromatic heterocycles. The van der Waals surface area contributed by atoms with Gasteiger partial charge in [-0.15, -0.1) is 0 Å². The fourth-order valence-corrected chi connectivity index (χ4v) is 3.95. The quantitative estimate of drug-likeness (QED) is 0.726. The van der Waals surface area contributed by atoms with Gasteiger partial charge in [-0.2, -0.15) is 0 Å². The smallest absolute Gasteiger partial charge is 0.256 e. The highest BCUT2D eigenvalue weighted by atomic mass is 16.6. The number of amides is 1. The summed E-state index contributed by atoms with van der Waals surface area (Å²) in [6, 6.07) is 8.28. The number of carbonyl (C=O) groups is 1. The van der Waals surface area contributed by atoms with Crippen molar-refractivity contribution in [1.82, 2.24) is 14.8 Å². The molecule has 1 amide bonds. The molecule has 1 aromatic carbocycles. The van der Waals surface area contributed by atoms with E-state index < -0.39 is 0 Å². The second-order valence-electron chi connectivity index (χ2n) is 8.17. The van der Waals surface area contributed by atoms with Crippen LogP contribution in [0.2, 0.25) is 0 Å². The summed E-state index contributed by atoms with van der Waals surface area (Å²) in [7, 11) is 3.68. The van der Waals surface area contributed by atoms with Crippen molar-refractivity contribution in [2.24, 2.45) is 0 Å². The summed E-state index contributed by atoms with van der Waals surface area (Å²) >= 11 is 0. The number of methoxy groups -OCH3 is 1. The van der Waals surface area contributed by atoms with Crippen molar-refractivity contribution < 1.29 is 19.0 Å². The first-order valence-corrected chi connectivity index (χ1v) is 10.4. The Morgan fingerprint density at radius 3 is 2.60 bits per heavy atom. The fraction of sp³-hybridized carbons (Fsp3) is 0.478. The number of benzene rings is 1. The van der Waals surface area contributed by atoms with Crippen LogP contribution in [0.1, 0.15) is 54.0 Å². The Balaban J connectivity index is 1.56. The first-order valence-electron chi connectivity index (χ1n) is 10.4. The maximum atomic E-state index is 12.8. The zero-order valence-electron chi connectivity index (χ0n) is 18.3. The van der Waals surface area contributed by atoms with E-state index in [0.717, 1.165) is 28.3 Å². The van der Waals surface area contributed by atoms with Crippen LogP contribution in [0.15, 0.2) is 24.3 Å². The molecule has 7 nitrogen and oxygen atoms in total. The summed E-state index contributed by atoms with van der Waals surface area (Å²) in [4.78, 5) is 21.5. The summed E-state index contributed by atoms with van der Waals surface area (Å²) in [5.41, 5.74) is 3.51. The number of ether oxygens (including phenoxy) is 3. The molecule has 4 rings (SSSR count). The minimum Gasteiger partial charge on any atom is -0.486 e. The molecule has 0 fully saturated rings. The first-order chi connectivity index (χ1) is 14.4. The molecule has 0 radical (unpaired) electrons. The average Bonchev–Trinajstić information content (AvgIpc) is 3.08. The standard InChI is InChI=1S/C23H29N3O4/c1-14(2)26-13-19-18(23(26)27)10-17(22(24-19)28-5)12-25(4)15(3)16-6-7-20-21(11-16)30-9-8-29-20/h6-7,10-11,14-15H,8-9,12-13H2,1-5H3/t15-/m0/s1. The van der Waals surface area contributed by atoms with Gasteiger partial charge in [-0.3, -0.25) is 9.69 Å². The van der Waals surface area contributed by atoms with Gasteiger partial charge in [0.15, 0.2) is 11.5 Å². The third kappa shape index (κ3) is 3.69. The second kappa shape index (κ2) is 8.14. The molecule has 0 spiro atoms. The minimum atomic E-state index is 0.0407. The molecule has 2 aliphatic rings. The van der Waals surface area contributed by atoms with Gasteiger partial charge in [0.1, 0.15) is 13.2 Å². The molecule has 0 saturated carbocycles. The van der Waals surface area contributed by atoms with Gasteiger partial charge in [-0.05, 0) is 51.6 Å². The number of hydrogen-bond acceptors (Lipinski definition) is 6. The number of hydrogen-bond donors (Lipinski definition) is 0. The van der Waals surface area contributed by atoms with E-state index in [1.807, 2.05) is 36.9 Å². The number of pyridine rings is 1. The average molecular weight is 412 g/mol. The first kappa shape index (κ1) is 20.5. The lowest BCUT2D eigenvalue weighted by molar-refractivity contribution is 0.0730. The van der Waals surface area contributed by atoms with Crippen molar-refractivity contribution in [3.8, 4) is 17.4 Å². The summed E-state index contributed by atoms with van der Waals surface area (Å²) in [5.74, 6) is 2.19. The Morgan fingerprint density at radius 1 is 1.17 bits per heavy atom. The van der Waals surface area contributed by atoms with Gasteiger partial charge in [0.25, 0.3) is 5.91 Å². The third-order valence-corrected chi connectivity index (χ3v) is 5.90. The highest BCUT2D eigenvalue weighted by Gasteiger charge is 2.32. The molecule has 0 saturated heterocycles. The monoisotopic (exact) mass is 411 g/mol. The van der Waals surface area contributed by atoms with Crippen molar-refractivity contribution in [2.75, 3.05) is 27.4 Å². The van der Waals surface area contributed by atoms with Crippen molar-refractivity contribution in [2.45, 2.75) is 45.9 Å². The van der Waals surface area contributed by atoms with Crippen LogP contribution in [-0.2, 0) is 13.1 Å². The molecule has 2 aromatic rings. The summed E-state index contributed by atoms with van der Waals surface area (Å²) < 4.78 is 16.9. The van der Waals surface area contributed by atoms with Gasteiger partial charge < -0.3 is 19.1 Å². The van der Waals surface area contributed by atoms with Crippen molar-refractivity contribution >= 4 is 5.91 Å². The number of aromatic nitrogens is 1. The largest absolute Gasteiger partial charge is 0.486 e. The van der Waals surface area contributed by atoms with E-state index in [-0.39, 0.29) is 18.0 Å². The summed E-state index contributed by atoms with van der Waals surface area (Å²) in [6.07, 6.45) is 0. The molecule has 0 bridgehead atoms. The molecule has 0 aliphatic carbocycles. The van der Waals surface area contributed by atoms with Gasteiger partial charge in [0, 0.05) is 24.2 Å². The summed E-state index contributed by atoms with van der Waals surface area (Å²) in [5, 5.41) is 0. The van der Waals surface area contributed by atoms with Crippen LogP contribution in [0.5, 0.6) is 17.4 Å². The summed E-state index contributed by atoms with van der Waals surface area (Å²) in [6.45, 7) is 8.47. The molecule has 1 atom stereocenters. The molecule has 2 aliphatic heterocycles. The van der Waals surface area contributed by atoms with Crippen LogP contribution < -0.4 is 14.2 Å². The predicted molar refractivity (Wildman–Crippen MR) is 113 cm³/mol. The number of carbonyl (C=O) groups excluding carboxylic acids is 1. The Bertz CT molecular complexity index is 960. The van der Waals surface area contributed by atoms with Gasteiger partial charge in [-0.25, -0.2) is 4.98 Å². The number of fused-ring (bicyclic) bond motifs is 2. The van der Waals surface area contributed by atoms with E-state index in [1.165, 1.54) is 0 Å². The van der Waals surface area contributed by atoms with E-state index in [4.69, 9.17) is 14.2 Å². The van der Waals surface area contributed by atoms with Crippen molar-refractivity contribution in [3.05, 3.63) is 46.6 Å². The van der Waals surface area contributed by atoms with E-state index in [1.54, 1.807) is 7.11 Å². The lowest BCUT2D eigenvalue weighted by Gasteiger charge is -2.27. The predicted octanol–water partition coefficient (Wildman–Crippen LogP) is 3.42. The molecular formula is C23H29N3O4. The van der Waals surface area contributed by atoms with Gasteiger partial charge in [0.05, 0.1) is 24.9 Å².